The van der Waals surface area contributed by atoms with Gasteiger partial charge in [0.05, 0.1) is 11.3 Å². The molecular formula is C13H11F3N2O3. The van der Waals surface area contributed by atoms with E-state index in [4.69, 9.17) is 5.11 Å². The van der Waals surface area contributed by atoms with Crippen molar-refractivity contribution in [3.8, 4) is 0 Å². The number of aromatic nitrogens is 2. The molecule has 112 valence electrons. The molecule has 0 atom stereocenters. The van der Waals surface area contributed by atoms with E-state index >= 15 is 0 Å². The van der Waals surface area contributed by atoms with Crippen LogP contribution in [-0.2, 0) is 19.6 Å². The minimum absolute atomic E-state index is 0.0367. The summed E-state index contributed by atoms with van der Waals surface area (Å²) >= 11 is 0. The number of hydrogen-bond acceptors (Lipinski definition) is 2. The van der Waals surface area contributed by atoms with Crippen molar-refractivity contribution in [2.75, 3.05) is 0 Å². The second-order valence-corrected chi connectivity index (χ2v) is 4.49. The first kappa shape index (κ1) is 14.9. The molecule has 2 aromatic rings. The highest BCUT2D eigenvalue weighted by atomic mass is 19.4. The third kappa shape index (κ3) is 2.99. The number of rotatable bonds is 3. The van der Waals surface area contributed by atoms with Crippen LogP contribution in [0, 0.1) is 0 Å². The molecule has 0 amide bonds. The molecule has 2 N–H and O–H groups in total. The highest BCUT2D eigenvalue weighted by Gasteiger charge is 2.30. The van der Waals surface area contributed by atoms with Gasteiger partial charge in [0.15, 0.2) is 0 Å². The maximum Gasteiger partial charge on any atom is 0.416 e. The van der Waals surface area contributed by atoms with Crippen LogP contribution in [0.15, 0.2) is 29.1 Å². The number of H-pyrrole nitrogens is 1. The Balaban J connectivity index is 2.35. The molecule has 1 aromatic heterocycles. The molecule has 2 rings (SSSR count). The van der Waals surface area contributed by atoms with Crippen LogP contribution in [0.2, 0.25) is 0 Å². The minimum atomic E-state index is -4.42. The Morgan fingerprint density at radius 3 is 2.33 bits per heavy atom. The van der Waals surface area contributed by atoms with Gasteiger partial charge in [0.25, 0.3) is 0 Å². The Labute approximate surface area is 116 Å². The number of nitrogens with zero attached hydrogens (tertiary/aromatic N) is 1. The summed E-state index contributed by atoms with van der Waals surface area (Å²) in [6.45, 7) is 0. The second-order valence-electron chi connectivity index (χ2n) is 4.49. The predicted octanol–water partition coefficient (Wildman–Crippen LogP) is 2.02. The van der Waals surface area contributed by atoms with Crippen LogP contribution in [0.4, 0.5) is 13.2 Å². The van der Waals surface area contributed by atoms with Crippen LogP contribution in [0.1, 0.15) is 27.3 Å². The first-order valence-electron chi connectivity index (χ1n) is 5.87. The van der Waals surface area contributed by atoms with Gasteiger partial charge in [-0.15, -0.1) is 0 Å². The molecule has 0 fully saturated rings. The Morgan fingerprint density at radius 1 is 1.29 bits per heavy atom. The molecule has 8 heteroatoms. The van der Waals surface area contributed by atoms with E-state index in [0.717, 1.165) is 16.7 Å². The lowest BCUT2D eigenvalue weighted by Crippen LogP contribution is -2.14. The quantitative estimate of drug-likeness (QED) is 0.910. The first-order valence-corrected chi connectivity index (χ1v) is 5.87. The van der Waals surface area contributed by atoms with Crippen molar-refractivity contribution in [3.05, 3.63) is 57.3 Å². The van der Waals surface area contributed by atoms with E-state index in [1.54, 1.807) is 0 Å². The van der Waals surface area contributed by atoms with Crippen LogP contribution in [0.3, 0.4) is 0 Å². The average Bonchev–Trinajstić information content (AvgIpc) is 2.67. The molecule has 0 radical (unpaired) electrons. The van der Waals surface area contributed by atoms with Gasteiger partial charge in [0, 0.05) is 13.5 Å². The van der Waals surface area contributed by atoms with Crippen molar-refractivity contribution in [1.29, 1.82) is 0 Å². The van der Waals surface area contributed by atoms with E-state index in [2.05, 4.69) is 4.98 Å². The molecule has 0 aliphatic heterocycles. The summed E-state index contributed by atoms with van der Waals surface area (Å²) in [4.78, 5) is 24.7. The topological polar surface area (TPSA) is 75.1 Å². The molecule has 21 heavy (non-hydrogen) atoms. The molecule has 5 nitrogen and oxygen atoms in total. The van der Waals surface area contributed by atoms with Crippen molar-refractivity contribution in [1.82, 2.24) is 9.55 Å². The molecule has 1 heterocycles. The highest BCUT2D eigenvalue weighted by molar-refractivity contribution is 5.86. The van der Waals surface area contributed by atoms with Gasteiger partial charge in [-0.1, -0.05) is 12.1 Å². The second kappa shape index (κ2) is 5.12. The van der Waals surface area contributed by atoms with Crippen molar-refractivity contribution >= 4 is 5.97 Å². The number of aromatic amines is 1. The van der Waals surface area contributed by atoms with Gasteiger partial charge in [0.2, 0.25) is 0 Å². The molecule has 1 aromatic carbocycles. The van der Waals surface area contributed by atoms with E-state index in [0.29, 0.717) is 5.56 Å². The summed E-state index contributed by atoms with van der Waals surface area (Å²) in [6.07, 6.45) is -4.39. The zero-order chi connectivity index (χ0) is 15.8. The summed E-state index contributed by atoms with van der Waals surface area (Å²) < 4.78 is 38.5. The fourth-order valence-electron chi connectivity index (χ4n) is 1.94. The largest absolute Gasteiger partial charge is 0.477 e. The smallest absolute Gasteiger partial charge is 0.416 e. The maximum atomic E-state index is 12.5. The Bertz CT molecular complexity index is 727. The van der Waals surface area contributed by atoms with E-state index in [1.165, 1.54) is 19.2 Å². The summed E-state index contributed by atoms with van der Waals surface area (Å²) in [7, 11) is 1.39. The number of carboxylic acid groups (broad SMARTS) is 1. The number of halogens is 3. The number of nitrogens with one attached hydrogen (secondary N) is 1. The minimum Gasteiger partial charge on any atom is -0.477 e. The van der Waals surface area contributed by atoms with Gasteiger partial charge >= 0.3 is 17.8 Å². The van der Waals surface area contributed by atoms with Gasteiger partial charge in [-0.25, -0.2) is 9.59 Å². The monoisotopic (exact) mass is 300 g/mol. The van der Waals surface area contributed by atoms with Crippen molar-refractivity contribution in [2.45, 2.75) is 12.6 Å². The lowest BCUT2D eigenvalue weighted by atomic mass is 10.1. The molecule has 0 bridgehead atoms. The Kier molecular flexibility index (Phi) is 3.63. The number of carboxylic acids is 1. The fourth-order valence-corrected chi connectivity index (χ4v) is 1.94. The van der Waals surface area contributed by atoms with Crippen molar-refractivity contribution in [3.63, 3.8) is 0 Å². The number of carbonyl (C=O) groups is 1. The standard InChI is InChI=1S/C13H11F3N2O3/c1-18-9(10(11(19)20)17-12(18)21)6-7-2-4-8(5-3-7)13(14,15)16/h2-5H,6H2,1H3,(H,17,21)(H,19,20). The summed E-state index contributed by atoms with van der Waals surface area (Å²) in [5, 5.41) is 9.00. The van der Waals surface area contributed by atoms with Gasteiger partial charge in [-0.05, 0) is 17.7 Å². The zero-order valence-electron chi connectivity index (χ0n) is 10.9. The third-order valence-corrected chi connectivity index (χ3v) is 3.10. The van der Waals surface area contributed by atoms with E-state index in [-0.39, 0.29) is 17.8 Å². The molecule has 0 spiro atoms. The average molecular weight is 300 g/mol. The van der Waals surface area contributed by atoms with Crippen LogP contribution in [-0.4, -0.2) is 20.6 Å². The highest BCUT2D eigenvalue weighted by Crippen LogP contribution is 2.29. The van der Waals surface area contributed by atoms with Crippen LogP contribution < -0.4 is 5.69 Å². The van der Waals surface area contributed by atoms with Gasteiger partial charge in [0.1, 0.15) is 5.69 Å². The lowest BCUT2D eigenvalue weighted by molar-refractivity contribution is -0.137. The molecule has 0 saturated carbocycles. The molecule has 0 aliphatic rings. The van der Waals surface area contributed by atoms with Gasteiger partial charge < -0.3 is 5.11 Å². The zero-order valence-corrected chi connectivity index (χ0v) is 10.9. The maximum absolute atomic E-state index is 12.5. The predicted molar refractivity (Wildman–Crippen MR) is 67.2 cm³/mol. The molecular weight excluding hydrogens is 289 g/mol. The summed E-state index contributed by atoms with van der Waals surface area (Å²) in [5.74, 6) is -1.30. The Hall–Kier alpha value is -2.51. The van der Waals surface area contributed by atoms with Crippen molar-refractivity contribution < 1.29 is 23.1 Å². The lowest BCUT2D eigenvalue weighted by Gasteiger charge is -2.08. The summed E-state index contributed by atoms with van der Waals surface area (Å²) in [6, 6.07) is 4.35. The summed E-state index contributed by atoms with van der Waals surface area (Å²) in [5.41, 5.74) is -0.961. The van der Waals surface area contributed by atoms with Crippen LogP contribution >= 0.6 is 0 Å². The first-order chi connectivity index (χ1) is 9.70. The number of benzene rings is 1. The van der Waals surface area contributed by atoms with Crippen molar-refractivity contribution in [2.24, 2.45) is 7.05 Å². The molecule has 0 saturated heterocycles. The van der Waals surface area contributed by atoms with Gasteiger partial charge in [-0.2, -0.15) is 13.2 Å². The van der Waals surface area contributed by atoms with E-state index in [9.17, 15) is 22.8 Å². The third-order valence-electron chi connectivity index (χ3n) is 3.10. The fraction of sp³-hybridized carbons (Fsp3) is 0.231. The van der Waals surface area contributed by atoms with Crippen LogP contribution in [0.25, 0.3) is 0 Å². The molecule has 0 aliphatic carbocycles. The number of hydrogen-bond donors (Lipinski definition) is 2. The SMILES string of the molecule is Cn1c(Cc2ccc(C(F)(F)F)cc2)c(C(=O)O)[nH]c1=O. The Morgan fingerprint density at radius 2 is 1.86 bits per heavy atom. The van der Waals surface area contributed by atoms with E-state index < -0.39 is 23.4 Å². The number of aromatic carboxylic acids is 1. The number of alkyl halides is 3. The number of imidazole rings is 1. The van der Waals surface area contributed by atoms with Gasteiger partial charge in [-0.3, -0.25) is 9.55 Å². The normalized spacial score (nSPS) is 11.6. The molecule has 0 unspecified atom stereocenters. The van der Waals surface area contributed by atoms with E-state index in [1.807, 2.05) is 0 Å². The van der Waals surface area contributed by atoms with Crippen LogP contribution in [0.5, 0.6) is 0 Å².